The van der Waals surface area contributed by atoms with E-state index in [0.29, 0.717) is 5.56 Å². The van der Waals surface area contributed by atoms with Crippen molar-refractivity contribution in [1.82, 2.24) is 9.88 Å². The molecule has 0 aliphatic carbocycles. The highest BCUT2D eigenvalue weighted by Crippen LogP contribution is 2.35. The first-order valence-corrected chi connectivity index (χ1v) is 9.84. The molecule has 0 saturated carbocycles. The first kappa shape index (κ1) is 20.5. The minimum atomic E-state index is 0.0145. The van der Waals surface area contributed by atoms with Crippen molar-refractivity contribution in [3.63, 3.8) is 0 Å². The molecule has 0 aliphatic heterocycles. The van der Waals surface area contributed by atoms with E-state index in [-0.39, 0.29) is 11.8 Å². The molecule has 29 heavy (non-hydrogen) atoms. The van der Waals surface area contributed by atoms with Crippen molar-refractivity contribution in [2.45, 2.75) is 26.2 Å². The van der Waals surface area contributed by atoms with Gasteiger partial charge in [0.25, 0.3) is 5.91 Å². The molecule has 1 heterocycles. The molecule has 0 aliphatic rings. The molecule has 148 valence electrons. The quantitative estimate of drug-likeness (QED) is 0.551. The fourth-order valence-electron chi connectivity index (χ4n) is 3.63. The Kier molecular flexibility index (Phi) is 6.28. The maximum Gasteiger partial charge on any atom is 0.253 e. The molecule has 0 spiro atoms. The molecular weight excluding hydrogens is 356 g/mol. The molecule has 3 nitrogen and oxygen atoms in total. The van der Waals surface area contributed by atoms with E-state index in [1.807, 2.05) is 31.3 Å². The number of carbonyl (C=O) groups is 1. The van der Waals surface area contributed by atoms with E-state index < -0.39 is 0 Å². The molecule has 1 amide bonds. The standard InChI is InChI=1S/C26H28N2O/c1-18-8-6-7-9-24(18)25(16-19(2)23-14-15-27-20(3)17-23)21-10-12-22(13-11-21)26(29)28(4)5/h6-15,17,25H,2,16H2,1,3-5H3/t25-/m1/s1. The largest absolute Gasteiger partial charge is 0.345 e. The van der Waals surface area contributed by atoms with Crippen LogP contribution in [0.5, 0.6) is 0 Å². The highest BCUT2D eigenvalue weighted by Gasteiger charge is 2.19. The molecule has 0 bridgehead atoms. The lowest BCUT2D eigenvalue weighted by Gasteiger charge is -2.22. The SMILES string of the molecule is C=C(C[C@H](c1ccc(C(=O)N(C)C)cc1)c1ccccc1C)c1ccnc(C)c1. The summed E-state index contributed by atoms with van der Waals surface area (Å²) in [5.41, 5.74) is 7.61. The molecule has 1 aromatic heterocycles. The lowest BCUT2D eigenvalue weighted by Crippen LogP contribution is -2.21. The second-order valence-corrected chi connectivity index (χ2v) is 7.72. The summed E-state index contributed by atoms with van der Waals surface area (Å²) in [6.45, 7) is 8.51. The molecule has 0 saturated heterocycles. The Morgan fingerprint density at radius 3 is 2.31 bits per heavy atom. The van der Waals surface area contributed by atoms with Gasteiger partial charge in [0.2, 0.25) is 0 Å². The molecular formula is C26H28N2O. The third-order valence-corrected chi connectivity index (χ3v) is 5.29. The van der Waals surface area contributed by atoms with E-state index in [1.165, 1.54) is 16.7 Å². The second kappa shape index (κ2) is 8.87. The number of carbonyl (C=O) groups excluding carboxylic acids is 1. The summed E-state index contributed by atoms with van der Waals surface area (Å²) < 4.78 is 0. The van der Waals surface area contributed by atoms with Crippen LogP contribution in [0.25, 0.3) is 5.57 Å². The summed E-state index contributed by atoms with van der Waals surface area (Å²) in [6, 6.07) is 20.5. The summed E-state index contributed by atoms with van der Waals surface area (Å²) in [5.74, 6) is 0.182. The van der Waals surface area contributed by atoms with Gasteiger partial charge in [0, 0.05) is 37.5 Å². The van der Waals surface area contributed by atoms with Gasteiger partial charge in [-0.3, -0.25) is 9.78 Å². The minimum absolute atomic E-state index is 0.0145. The van der Waals surface area contributed by atoms with Crippen LogP contribution in [-0.2, 0) is 0 Å². The van der Waals surface area contributed by atoms with E-state index in [0.717, 1.165) is 23.3 Å². The molecule has 0 unspecified atom stereocenters. The number of nitrogens with zero attached hydrogens (tertiary/aromatic N) is 2. The normalized spacial score (nSPS) is 11.7. The van der Waals surface area contributed by atoms with Crippen molar-refractivity contribution in [2.75, 3.05) is 14.1 Å². The van der Waals surface area contributed by atoms with Crippen molar-refractivity contribution in [2.24, 2.45) is 0 Å². The number of aromatic nitrogens is 1. The Hall–Kier alpha value is -3.20. The van der Waals surface area contributed by atoms with Crippen LogP contribution in [0.15, 0.2) is 73.4 Å². The summed E-state index contributed by atoms with van der Waals surface area (Å²) in [6.07, 6.45) is 2.63. The predicted molar refractivity (Wildman–Crippen MR) is 120 cm³/mol. The van der Waals surface area contributed by atoms with E-state index in [1.54, 1.807) is 19.0 Å². The van der Waals surface area contributed by atoms with Crippen molar-refractivity contribution in [1.29, 1.82) is 0 Å². The van der Waals surface area contributed by atoms with Crippen LogP contribution in [0, 0.1) is 13.8 Å². The number of amides is 1. The zero-order valence-electron chi connectivity index (χ0n) is 17.6. The molecule has 0 N–H and O–H groups in total. The number of hydrogen-bond donors (Lipinski definition) is 0. The lowest BCUT2D eigenvalue weighted by molar-refractivity contribution is 0.0827. The van der Waals surface area contributed by atoms with Gasteiger partial charge in [0.1, 0.15) is 0 Å². The molecule has 2 aromatic carbocycles. The van der Waals surface area contributed by atoms with Gasteiger partial charge >= 0.3 is 0 Å². The summed E-state index contributed by atoms with van der Waals surface area (Å²) >= 11 is 0. The Labute approximate surface area is 173 Å². The van der Waals surface area contributed by atoms with Gasteiger partial charge in [-0.2, -0.15) is 0 Å². The number of aryl methyl sites for hydroxylation is 2. The van der Waals surface area contributed by atoms with Crippen molar-refractivity contribution in [3.8, 4) is 0 Å². The lowest BCUT2D eigenvalue weighted by atomic mass is 9.82. The van der Waals surface area contributed by atoms with Crippen molar-refractivity contribution in [3.05, 3.63) is 107 Å². The predicted octanol–water partition coefficient (Wildman–Crippen LogP) is 5.64. The third-order valence-electron chi connectivity index (χ3n) is 5.29. The average molecular weight is 385 g/mol. The van der Waals surface area contributed by atoms with E-state index in [4.69, 9.17) is 0 Å². The highest BCUT2D eigenvalue weighted by molar-refractivity contribution is 5.93. The Morgan fingerprint density at radius 1 is 1.00 bits per heavy atom. The Bertz CT molecular complexity index is 1020. The van der Waals surface area contributed by atoms with Crippen molar-refractivity contribution >= 4 is 11.5 Å². The minimum Gasteiger partial charge on any atom is -0.345 e. The van der Waals surface area contributed by atoms with E-state index in [2.05, 4.69) is 61.0 Å². The summed E-state index contributed by atoms with van der Waals surface area (Å²) in [7, 11) is 3.54. The number of allylic oxidation sites excluding steroid dienone is 1. The molecule has 0 radical (unpaired) electrons. The number of hydrogen-bond acceptors (Lipinski definition) is 2. The van der Waals surface area contributed by atoms with E-state index >= 15 is 0 Å². The van der Waals surface area contributed by atoms with E-state index in [9.17, 15) is 4.79 Å². The van der Waals surface area contributed by atoms with Gasteiger partial charge in [-0.25, -0.2) is 0 Å². The number of benzene rings is 2. The molecule has 3 rings (SSSR count). The monoisotopic (exact) mass is 384 g/mol. The maximum atomic E-state index is 12.3. The van der Waals surface area contributed by atoms with Gasteiger partial charge in [-0.1, -0.05) is 43.0 Å². The first-order chi connectivity index (χ1) is 13.9. The molecule has 3 aromatic rings. The fraction of sp³-hybridized carbons (Fsp3) is 0.231. The number of pyridine rings is 1. The smallest absolute Gasteiger partial charge is 0.253 e. The summed E-state index contributed by atoms with van der Waals surface area (Å²) in [4.78, 5) is 18.1. The third kappa shape index (κ3) is 4.80. The van der Waals surface area contributed by atoms with Crippen LogP contribution >= 0.6 is 0 Å². The average Bonchev–Trinajstić information content (AvgIpc) is 2.72. The number of rotatable bonds is 6. The van der Waals surface area contributed by atoms with Crippen LogP contribution in [0.4, 0.5) is 0 Å². The van der Waals surface area contributed by atoms with Gasteiger partial charge in [0.05, 0.1) is 0 Å². The molecule has 1 atom stereocenters. The first-order valence-electron chi connectivity index (χ1n) is 9.84. The molecule has 3 heteroatoms. The maximum absolute atomic E-state index is 12.3. The van der Waals surface area contributed by atoms with Crippen molar-refractivity contribution < 1.29 is 4.79 Å². The van der Waals surface area contributed by atoms with Crippen LogP contribution in [0.1, 0.15) is 50.6 Å². The van der Waals surface area contributed by atoms with Gasteiger partial charge < -0.3 is 4.90 Å². The van der Waals surface area contributed by atoms with Gasteiger partial charge in [-0.05, 0) is 72.4 Å². The topological polar surface area (TPSA) is 33.2 Å². The second-order valence-electron chi connectivity index (χ2n) is 7.72. The van der Waals surface area contributed by atoms with Crippen LogP contribution in [0.3, 0.4) is 0 Å². The Balaban J connectivity index is 1.97. The van der Waals surface area contributed by atoms with Crippen LogP contribution in [-0.4, -0.2) is 29.9 Å². The zero-order chi connectivity index (χ0) is 21.0. The summed E-state index contributed by atoms with van der Waals surface area (Å²) in [5, 5.41) is 0. The Morgan fingerprint density at radius 2 is 1.69 bits per heavy atom. The highest BCUT2D eigenvalue weighted by atomic mass is 16.2. The fourth-order valence-corrected chi connectivity index (χ4v) is 3.63. The van der Waals surface area contributed by atoms with Crippen LogP contribution < -0.4 is 0 Å². The molecule has 0 fully saturated rings. The van der Waals surface area contributed by atoms with Crippen LogP contribution in [0.2, 0.25) is 0 Å². The van der Waals surface area contributed by atoms with Gasteiger partial charge in [-0.15, -0.1) is 0 Å². The van der Waals surface area contributed by atoms with Gasteiger partial charge in [0.15, 0.2) is 0 Å². The zero-order valence-corrected chi connectivity index (χ0v) is 17.6.